The molecule has 0 bridgehead atoms. The third-order valence-electron chi connectivity index (χ3n) is 5.02. The predicted octanol–water partition coefficient (Wildman–Crippen LogP) is 6.63. The minimum Gasteiger partial charge on any atom is -0.350 e. The average Bonchev–Trinajstić information content (AvgIpc) is 2.84. The normalized spacial score (nSPS) is 12.5. The average molecular weight is 478 g/mol. The van der Waals surface area contributed by atoms with Crippen LogP contribution in [0.4, 0.5) is 0 Å². The van der Waals surface area contributed by atoms with Crippen molar-refractivity contribution < 1.29 is 9.59 Å². The van der Waals surface area contributed by atoms with Gasteiger partial charge in [-0.3, -0.25) is 14.6 Å². The molecule has 1 aromatic heterocycles. The van der Waals surface area contributed by atoms with Crippen molar-refractivity contribution in [1.29, 1.82) is 0 Å². The van der Waals surface area contributed by atoms with Crippen LogP contribution in [0.1, 0.15) is 82.5 Å². The van der Waals surface area contributed by atoms with Crippen LogP contribution in [0, 0.1) is 0 Å². The zero-order valence-corrected chi connectivity index (χ0v) is 21.7. The number of carbonyl (C=O) groups excluding carboxylic acids is 2. The van der Waals surface area contributed by atoms with E-state index in [0.29, 0.717) is 18.5 Å². The van der Waals surface area contributed by atoms with Crippen molar-refractivity contribution in [3.8, 4) is 0 Å². The van der Waals surface area contributed by atoms with Gasteiger partial charge in [0.15, 0.2) is 0 Å². The number of nitrogens with zero attached hydrogens (tertiary/aromatic N) is 1. The van der Waals surface area contributed by atoms with E-state index in [1.807, 2.05) is 13.8 Å². The summed E-state index contributed by atoms with van der Waals surface area (Å²) in [4.78, 5) is 28.3. The number of allylic oxidation sites excluding steroid dienone is 10. The third kappa shape index (κ3) is 17.0. The van der Waals surface area contributed by atoms with Crippen LogP contribution >= 0.6 is 0 Å². The van der Waals surface area contributed by atoms with Crippen molar-refractivity contribution in [3.63, 3.8) is 0 Å². The second-order valence-corrected chi connectivity index (χ2v) is 8.96. The standard InChI is InChI=1S/C30H43N3O2/c1-4-5-6-7-8-9-10-11-12-13-14-15-16-17-18-19-20-23-28(34)33-30(2,3)26-32-29(35)27-22-21-24-31-25-27/h5-6,8-9,11-12,14-15,17-18,21-22,24-25H,4,7,10,13,16,19-20,23,26H2,1-3H3,(H,32,35)(H,33,34). The number of amides is 2. The summed E-state index contributed by atoms with van der Waals surface area (Å²) in [5.74, 6) is -0.197. The molecule has 0 aliphatic carbocycles. The van der Waals surface area contributed by atoms with Crippen LogP contribution in [-0.2, 0) is 4.79 Å². The number of aromatic nitrogens is 1. The summed E-state index contributed by atoms with van der Waals surface area (Å²) in [6, 6.07) is 3.43. The van der Waals surface area contributed by atoms with Gasteiger partial charge in [-0.2, -0.15) is 0 Å². The van der Waals surface area contributed by atoms with E-state index < -0.39 is 5.54 Å². The Bertz CT molecular complexity index is 865. The van der Waals surface area contributed by atoms with Crippen LogP contribution in [0.15, 0.2) is 85.3 Å². The number of pyridine rings is 1. The van der Waals surface area contributed by atoms with Gasteiger partial charge >= 0.3 is 0 Å². The molecular weight excluding hydrogens is 434 g/mol. The highest BCUT2D eigenvalue weighted by atomic mass is 16.2. The molecule has 0 spiro atoms. The smallest absolute Gasteiger partial charge is 0.252 e. The first-order chi connectivity index (χ1) is 16.9. The van der Waals surface area contributed by atoms with Crippen molar-refractivity contribution in [2.75, 3.05) is 6.54 Å². The molecule has 0 aliphatic heterocycles. The molecule has 0 unspecified atom stereocenters. The maximum Gasteiger partial charge on any atom is 0.252 e. The Morgan fingerprint density at radius 1 is 0.886 bits per heavy atom. The second-order valence-electron chi connectivity index (χ2n) is 8.96. The first-order valence-electron chi connectivity index (χ1n) is 12.7. The summed E-state index contributed by atoms with van der Waals surface area (Å²) >= 11 is 0. The van der Waals surface area contributed by atoms with Gasteiger partial charge in [-0.05, 0) is 70.9 Å². The molecule has 1 heterocycles. The summed E-state index contributed by atoms with van der Waals surface area (Å²) in [6.07, 6.45) is 32.0. The van der Waals surface area contributed by atoms with Crippen LogP contribution < -0.4 is 10.6 Å². The molecule has 5 nitrogen and oxygen atoms in total. The highest BCUT2D eigenvalue weighted by molar-refractivity contribution is 5.93. The van der Waals surface area contributed by atoms with Crippen LogP contribution in [-0.4, -0.2) is 28.9 Å². The quantitative estimate of drug-likeness (QED) is 0.195. The molecular formula is C30H43N3O2. The molecule has 2 N–H and O–H groups in total. The van der Waals surface area contributed by atoms with Crippen molar-refractivity contribution >= 4 is 11.8 Å². The van der Waals surface area contributed by atoms with Gasteiger partial charge < -0.3 is 10.6 Å². The Kier molecular flexibility index (Phi) is 16.3. The van der Waals surface area contributed by atoms with E-state index in [-0.39, 0.29) is 11.8 Å². The Labute approximate surface area is 212 Å². The Morgan fingerprint density at radius 3 is 2.00 bits per heavy atom. The first-order valence-corrected chi connectivity index (χ1v) is 12.7. The molecule has 5 heteroatoms. The Balaban J connectivity index is 2.09. The number of nitrogens with one attached hydrogen (secondary N) is 2. The van der Waals surface area contributed by atoms with Crippen molar-refractivity contribution in [2.24, 2.45) is 0 Å². The second kappa shape index (κ2) is 19.1. The fourth-order valence-electron chi connectivity index (χ4n) is 3.13. The molecule has 2 amide bonds. The SMILES string of the molecule is CCC=CCC=CCC=CCC=CCC=CCCCC(=O)NC(C)(C)CNC(=O)c1cccnc1. The fraction of sp³-hybridized carbons (Fsp3) is 0.433. The van der Waals surface area contributed by atoms with Crippen molar-refractivity contribution in [2.45, 2.75) is 77.7 Å². The summed E-state index contributed by atoms with van der Waals surface area (Å²) in [5.41, 5.74) is -0.0153. The summed E-state index contributed by atoms with van der Waals surface area (Å²) in [5, 5.41) is 5.85. The molecule has 0 aromatic carbocycles. The topological polar surface area (TPSA) is 71.1 Å². The maximum atomic E-state index is 12.3. The van der Waals surface area contributed by atoms with Crippen LogP contribution in [0.2, 0.25) is 0 Å². The van der Waals surface area contributed by atoms with Gasteiger partial charge in [-0.15, -0.1) is 0 Å². The van der Waals surface area contributed by atoms with E-state index in [1.54, 1.807) is 18.3 Å². The lowest BCUT2D eigenvalue weighted by Crippen LogP contribution is -2.51. The van der Waals surface area contributed by atoms with E-state index in [9.17, 15) is 9.59 Å². The zero-order valence-electron chi connectivity index (χ0n) is 21.7. The van der Waals surface area contributed by atoms with E-state index in [1.165, 1.54) is 6.20 Å². The molecule has 1 aromatic rings. The van der Waals surface area contributed by atoms with Gasteiger partial charge in [-0.1, -0.05) is 67.7 Å². The monoisotopic (exact) mass is 477 g/mol. The first kappa shape index (κ1) is 29.8. The number of hydrogen-bond donors (Lipinski definition) is 2. The molecule has 35 heavy (non-hydrogen) atoms. The minimum absolute atomic E-state index is 0.00187. The van der Waals surface area contributed by atoms with Gasteiger partial charge in [0.25, 0.3) is 5.91 Å². The highest BCUT2D eigenvalue weighted by Gasteiger charge is 2.21. The summed E-state index contributed by atoms with van der Waals surface area (Å²) in [7, 11) is 0. The molecule has 0 aliphatic rings. The number of unbranched alkanes of at least 4 members (excludes halogenated alkanes) is 1. The molecule has 0 fully saturated rings. The van der Waals surface area contributed by atoms with E-state index in [2.05, 4.69) is 83.3 Å². The van der Waals surface area contributed by atoms with Crippen LogP contribution in [0.25, 0.3) is 0 Å². The van der Waals surface area contributed by atoms with Gasteiger partial charge in [-0.25, -0.2) is 0 Å². The minimum atomic E-state index is -0.522. The highest BCUT2D eigenvalue weighted by Crippen LogP contribution is 2.05. The van der Waals surface area contributed by atoms with E-state index in [0.717, 1.165) is 44.9 Å². The number of hydrogen-bond acceptors (Lipinski definition) is 3. The lowest BCUT2D eigenvalue weighted by atomic mass is 10.0. The third-order valence-corrected chi connectivity index (χ3v) is 5.02. The Hall–Kier alpha value is -3.21. The Morgan fingerprint density at radius 2 is 1.46 bits per heavy atom. The van der Waals surface area contributed by atoms with Gasteiger partial charge in [0, 0.05) is 25.4 Å². The fourth-order valence-corrected chi connectivity index (χ4v) is 3.13. The van der Waals surface area contributed by atoms with Crippen LogP contribution in [0.5, 0.6) is 0 Å². The summed E-state index contributed by atoms with van der Waals surface area (Å²) in [6.45, 7) is 6.30. The predicted molar refractivity (Wildman–Crippen MR) is 147 cm³/mol. The molecule has 0 saturated carbocycles. The lowest BCUT2D eigenvalue weighted by Gasteiger charge is -2.26. The molecule has 0 atom stereocenters. The van der Waals surface area contributed by atoms with E-state index in [4.69, 9.17) is 0 Å². The van der Waals surface area contributed by atoms with Gasteiger partial charge in [0.1, 0.15) is 0 Å². The molecule has 1 rings (SSSR count). The molecule has 190 valence electrons. The van der Waals surface area contributed by atoms with Crippen molar-refractivity contribution in [1.82, 2.24) is 15.6 Å². The summed E-state index contributed by atoms with van der Waals surface area (Å²) < 4.78 is 0. The largest absolute Gasteiger partial charge is 0.350 e. The molecule has 0 radical (unpaired) electrons. The lowest BCUT2D eigenvalue weighted by molar-refractivity contribution is -0.122. The van der Waals surface area contributed by atoms with Gasteiger partial charge in [0.2, 0.25) is 5.91 Å². The number of rotatable bonds is 17. The maximum absolute atomic E-state index is 12.3. The van der Waals surface area contributed by atoms with Gasteiger partial charge in [0.05, 0.1) is 11.1 Å². The van der Waals surface area contributed by atoms with E-state index >= 15 is 0 Å². The molecule has 0 saturated heterocycles. The van der Waals surface area contributed by atoms with Crippen molar-refractivity contribution in [3.05, 3.63) is 90.9 Å². The zero-order chi connectivity index (χ0) is 25.6. The van der Waals surface area contributed by atoms with Crippen LogP contribution in [0.3, 0.4) is 0 Å². The number of carbonyl (C=O) groups is 2.